The minimum absolute atomic E-state index is 0.102. The van der Waals surface area contributed by atoms with Crippen LogP contribution in [-0.4, -0.2) is 72.9 Å². The molecule has 1 saturated carbocycles. The maximum absolute atomic E-state index is 5.93. The first-order valence-corrected chi connectivity index (χ1v) is 32.7. The van der Waals surface area contributed by atoms with Crippen molar-refractivity contribution in [1.82, 2.24) is 19.9 Å². The zero-order valence-corrected chi connectivity index (χ0v) is 56.9. The van der Waals surface area contributed by atoms with Gasteiger partial charge in [-0.3, -0.25) is 9.98 Å². The highest BCUT2D eigenvalue weighted by molar-refractivity contribution is 6.24. The fourth-order valence-electron chi connectivity index (χ4n) is 13.7. The molecule has 5 heterocycles. The molecule has 12 aromatic rings. The van der Waals surface area contributed by atoms with E-state index < -0.39 is 0 Å². The average molecular weight is 1240 g/mol. The number of aliphatic imine (C=N–C) groups is 2. The van der Waals surface area contributed by atoms with Crippen molar-refractivity contribution in [3.05, 3.63) is 164 Å². The third kappa shape index (κ3) is 10.8. The number of nitrogens with one attached hydrogen (secondary N) is 4. The molecule has 2 aliphatic rings. The van der Waals surface area contributed by atoms with E-state index in [1.54, 1.807) is 28.4 Å². The summed E-state index contributed by atoms with van der Waals surface area (Å²) in [4.78, 5) is 26.5. The van der Waals surface area contributed by atoms with E-state index in [0.717, 1.165) is 157 Å². The van der Waals surface area contributed by atoms with Gasteiger partial charge in [0.2, 0.25) is 0 Å². The molecule has 0 spiro atoms. The minimum atomic E-state index is -0.177. The molecule has 94 heavy (non-hydrogen) atoms. The fraction of sp³-hybridized carbons (Fsp3) is 0.310. The summed E-state index contributed by atoms with van der Waals surface area (Å²) in [6.07, 6.45) is 7.74. The molecule has 0 unspecified atom stereocenters. The van der Waals surface area contributed by atoms with Crippen molar-refractivity contribution in [1.29, 1.82) is 0 Å². The van der Waals surface area contributed by atoms with Crippen LogP contribution in [0, 0.1) is 47.4 Å². The zero-order chi connectivity index (χ0) is 65.9. The van der Waals surface area contributed by atoms with Gasteiger partial charge in [0, 0.05) is 112 Å². The number of methoxy groups -OCH3 is 4. The number of H-pyrrole nitrogens is 4. The standard InChI is InChI=1S/C84H80N6O4/c1-81(2,3)55-33-49-21-17-18-22-50-34-56(82(4,5)6)42-64-60-30-32-62-66-44-58(84(10,11)12)36-52(76(66)90-80(62)78(60)88-74(50)64)28-26-48-38-70(92-14)72(94-16)40-54(48)46-86-68-24-20-19-23-67(68)85-45-53-39-71(93-15)69(91-13)37-47(53)25-27-51-35-57(83(7,8)9)43-65-61-31-29-59-63(41-55)73(49)87-77(59)79(61)89-75(51)65/h29-46,67-68,87-90H,19-20,23-24H2,1-16H3/t67-,68-/m1/s1. The Morgan fingerprint density at radius 3 is 0.862 bits per heavy atom. The van der Waals surface area contributed by atoms with Gasteiger partial charge in [-0.25, -0.2) is 0 Å². The van der Waals surface area contributed by atoms with E-state index >= 15 is 0 Å². The number of fused-ring (bicyclic) bond motifs is 7. The van der Waals surface area contributed by atoms with Gasteiger partial charge >= 0.3 is 0 Å². The van der Waals surface area contributed by atoms with E-state index in [2.05, 4.69) is 223 Å². The zero-order valence-electron chi connectivity index (χ0n) is 56.9. The van der Waals surface area contributed by atoms with Crippen LogP contribution >= 0.6 is 0 Å². The monoisotopic (exact) mass is 1240 g/mol. The van der Waals surface area contributed by atoms with Gasteiger partial charge in [-0.1, -0.05) is 156 Å². The lowest BCUT2D eigenvalue weighted by Crippen LogP contribution is -2.27. The quantitative estimate of drug-likeness (QED) is 0.131. The second-order valence-corrected chi connectivity index (χ2v) is 29.7. The molecule has 470 valence electrons. The minimum Gasteiger partial charge on any atom is -0.493 e. The van der Waals surface area contributed by atoms with Crippen molar-refractivity contribution < 1.29 is 18.9 Å². The molecule has 1 aliphatic carbocycles. The number of hydrogen-bond donors (Lipinski definition) is 4. The van der Waals surface area contributed by atoms with Crippen LogP contribution in [0.1, 0.15) is 176 Å². The predicted molar refractivity (Wildman–Crippen MR) is 391 cm³/mol. The van der Waals surface area contributed by atoms with Crippen molar-refractivity contribution >= 4 is 99.7 Å². The van der Waals surface area contributed by atoms with Gasteiger partial charge < -0.3 is 38.9 Å². The highest BCUT2D eigenvalue weighted by Gasteiger charge is 2.27. The van der Waals surface area contributed by atoms with Gasteiger partial charge in [-0.2, -0.15) is 0 Å². The van der Waals surface area contributed by atoms with Gasteiger partial charge in [0.1, 0.15) is 0 Å². The summed E-state index contributed by atoms with van der Waals surface area (Å²) in [6.45, 7) is 27.1. The van der Waals surface area contributed by atoms with Crippen LogP contribution < -0.4 is 18.9 Å². The first-order valence-electron chi connectivity index (χ1n) is 32.7. The highest BCUT2D eigenvalue weighted by atomic mass is 16.5. The Labute approximate surface area is 550 Å². The van der Waals surface area contributed by atoms with Crippen molar-refractivity contribution in [2.75, 3.05) is 28.4 Å². The summed E-state index contributed by atoms with van der Waals surface area (Å²) in [5.41, 5.74) is 18.6. The molecule has 0 radical (unpaired) electrons. The summed E-state index contributed by atoms with van der Waals surface area (Å²) < 4.78 is 23.7. The summed E-state index contributed by atoms with van der Waals surface area (Å²) in [5, 5.41) is 8.86. The summed E-state index contributed by atoms with van der Waals surface area (Å²) in [7, 11) is 6.63. The number of ether oxygens (including phenoxy) is 4. The highest BCUT2D eigenvalue weighted by Crippen LogP contribution is 2.43. The molecule has 8 bridgehead atoms. The lowest BCUT2D eigenvalue weighted by atomic mass is 9.84. The molecule has 2 atom stereocenters. The lowest BCUT2D eigenvalue weighted by Gasteiger charge is -2.25. The second-order valence-electron chi connectivity index (χ2n) is 29.7. The number of benzene rings is 8. The SMILES string of the molecule is COc1cc2c(cc1OC)C=N[C@@H]1CCCC[C@H]1N=Cc1cc(OC)c(OC)cc1C#Cc1cc(C(C)(C)C)cc3c1[nH]c1c3ccc3c4cc(C(C)(C)C)cc(c4[nH]c31)C#CC#Cc1cc(C(C)(C)C)cc3c1[nH]c1c3ccc3c4cc(C(C)(C)C)cc(c4[nH]c31)C#C2. The van der Waals surface area contributed by atoms with Crippen LogP contribution in [-0.2, 0) is 21.7 Å². The van der Waals surface area contributed by atoms with Crippen molar-refractivity contribution in [2.24, 2.45) is 9.98 Å². The summed E-state index contributed by atoms with van der Waals surface area (Å²) >= 11 is 0. The number of nitrogens with zero attached hydrogens (tertiary/aromatic N) is 2. The number of aromatic nitrogens is 4. The van der Waals surface area contributed by atoms with Crippen molar-refractivity contribution in [2.45, 2.75) is 143 Å². The Kier molecular flexibility index (Phi) is 14.9. The maximum atomic E-state index is 5.93. The van der Waals surface area contributed by atoms with Crippen molar-refractivity contribution in [3.63, 3.8) is 0 Å². The van der Waals surface area contributed by atoms with Gasteiger partial charge in [0.15, 0.2) is 23.0 Å². The third-order valence-electron chi connectivity index (χ3n) is 19.3. The number of rotatable bonds is 4. The molecular formula is C84H80N6O4. The number of aromatic amines is 4. The Hall–Kier alpha value is -10.3. The molecule has 4 N–H and O–H groups in total. The third-order valence-corrected chi connectivity index (χ3v) is 19.3. The van der Waals surface area contributed by atoms with E-state index in [-0.39, 0.29) is 33.7 Å². The Morgan fingerprint density at radius 1 is 0.319 bits per heavy atom. The van der Waals surface area contributed by atoms with Crippen LogP contribution in [0.3, 0.4) is 0 Å². The number of hydrogen-bond acceptors (Lipinski definition) is 6. The van der Waals surface area contributed by atoms with E-state index in [1.165, 1.54) is 22.3 Å². The van der Waals surface area contributed by atoms with E-state index in [9.17, 15) is 0 Å². The smallest absolute Gasteiger partial charge is 0.162 e. The Balaban J connectivity index is 1.03. The first-order chi connectivity index (χ1) is 44.9. The Bertz CT molecular complexity index is 5180. The van der Waals surface area contributed by atoms with E-state index in [0.29, 0.717) is 23.0 Å². The fourth-order valence-corrected chi connectivity index (χ4v) is 13.7. The average Bonchev–Trinajstić information content (AvgIpc) is 1.57. The van der Waals surface area contributed by atoms with Crippen LogP contribution in [0.4, 0.5) is 0 Å². The summed E-state index contributed by atoms with van der Waals surface area (Å²) in [6, 6.07) is 35.0. The molecule has 10 heteroatoms. The van der Waals surface area contributed by atoms with Crippen molar-refractivity contribution in [3.8, 4) is 70.4 Å². The van der Waals surface area contributed by atoms with E-state index in [1.807, 2.05) is 36.7 Å². The van der Waals surface area contributed by atoms with Gasteiger partial charge in [-0.15, -0.1) is 0 Å². The molecule has 1 aliphatic heterocycles. The molecule has 0 amide bonds. The van der Waals surface area contributed by atoms with Gasteiger partial charge in [0.05, 0.1) is 84.7 Å². The molecular weight excluding hydrogens is 1160 g/mol. The molecule has 0 saturated heterocycles. The van der Waals surface area contributed by atoms with Crippen LogP contribution in [0.15, 0.2) is 107 Å². The van der Waals surface area contributed by atoms with Crippen LogP contribution in [0.5, 0.6) is 23.0 Å². The summed E-state index contributed by atoms with van der Waals surface area (Å²) in [5.74, 6) is 30.9. The van der Waals surface area contributed by atoms with Crippen LogP contribution in [0.2, 0.25) is 0 Å². The Morgan fingerprint density at radius 2 is 0.585 bits per heavy atom. The normalized spacial score (nSPS) is 15.4. The molecule has 4 aromatic heterocycles. The van der Waals surface area contributed by atoms with Gasteiger partial charge in [-0.05, 0) is 129 Å². The lowest BCUT2D eigenvalue weighted by molar-refractivity contribution is 0.355. The second kappa shape index (κ2) is 22.8. The van der Waals surface area contributed by atoms with Gasteiger partial charge in [0.25, 0.3) is 0 Å². The molecule has 1 fully saturated rings. The molecule has 14 rings (SSSR count). The topological polar surface area (TPSA) is 125 Å². The molecule has 10 nitrogen and oxygen atoms in total. The first kappa shape index (κ1) is 61.3. The molecule has 8 aromatic carbocycles. The van der Waals surface area contributed by atoms with E-state index in [4.69, 9.17) is 28.9 Å². The maximum Gasteiger partial charge on any atom is 0.162 e. The predicted octanol–water partition coefficient (Wildman–Crippen LogP) is 18.8. The largest absolute Gasteiger partial charge is 0.493 e. The van der Waals surface area contributed by atoms with Crippen LogP contribution in [0.25, 0.3) is 87.2 Å².